The molecule has 1 aromatic heterocycles. The van der Waals surface area contributed by atoms with E-state index in [9.17, 15) is 4.79 Å². The van der Waals surface area contributed by atoms with Crippen LogP contribution in [0.5, 0.6) is 0 Å². The second-order valence-corrected chi connectivity index (χ2v) is 5.10. The van der Waals surface area contributed by atoms with Crippen molar-refractivity contribution in [3.63, 3.8) is 0 Å². The molecule has 0 aliphatic carbocycles. The number of nitrogens with zero attached hydrogens (tertiary/aromatic N) is 2. The Hall–Kier alpha value is -1.37. The summed E-state index contributed by atoms with van der Waals surface area (Å²) in [5, 5.41) is 19.5. The number of hydrogen-bond acceptors (Lipinski definition) is 4. The first-order valence-corrected chi connectivity index (χ1v) is 6.51. The Balaban J connectivity index is 2.33. The number of carboxylic acid groups (broad SMARTS) is 1. The lowest BCUT2D eigenvalue weighted by Gasteiger charge is -2.10. The van der Waals surface area contributed by atoms with Crippen molar-refractivity contribution in [3.05, 3.63) is 44.6 Å². The molecule has 2 rings (SSSR count). The van der Waals surface area contributed by atoms with Crippen molar-refractivity contribution in [2.45, 2.75) is 0 Å². The highest BCUT2D eigenvalue weighted by Crippen LogP contribution is 2.30. The van der Waals surface area contributed by atoms with Gasteiger partial charge in [0.15, 0.2) is 10.3 Å². The van der Waals surface area contributed by atoms with Crippen molar-refractivity contribution in [1.29, 1.82) is 0 Å². The zero-order chi connectivity index (χ0) is 14.0. The summed E-state index contributed by atoms with van der Waals surface area (Å²) < 4.78 is 0.580. The van der Waals surface area contributed by atoms with E-state index in [1.54, 1.807) is 6.07 Å². The van der Waals surface area contributed by atoms with Gasteiger partial charge in [-0.05, 0) is 34.1 Å². The van der Waals surface area contributed by atoms with Crippen molar-refractivity contribution in [2.75, 3.05) is 5.32 Å². The van der Waals surface area contributed by atoms with Crippen molar-refractivity contribution in [2.24, 2.45) is 0 Å². The normalized spacial score (nSPS) is 10.3. The molecule has 0 atom stereocenters. The lowest BCUT2D eigenvalue weighted by Crippen LogP contribution is -1.99. The second kappa shape index (κ2) is 5.73. The summed E-state index contributed by atoms with van der Waals surface area (Å²) in [6.07, 6.45) is 0. The standard InChI is InChI=1S/C11H6BrCl2N3O2/c12-6-3-5(11(18)19)1-2-7(6)15-8-4-9(13)16-17-10(8)14/h1-4H,(H,15,16)(H,18,19). The maximum Gasteiger partial charge on any atom is 0.335 e. The first-order chi connectivity index (χ1) is 8.97. The number of rotatable bonds is 3. The van der Waals surface area contributed by atoms with Gasteiger partial charge >= 0.3 is 5.97 Å². The van der Waals surface area contributed by atoms with Crippen LogP contribution < -0.4 is 5.32 Å². The van der Waals surface area contributed by atoms with Crippen LogP contribution in [-0.2, 0) is 0 Å². The van der Waals surface area contributed by atoms with Gasteiger partial charge in [-0.3, -0.25) is 0 Å². The molecule has 0 bridgehead atoms. The average molecular weight is 363 g/mol. The number of nitrogens with one attached hydrogen (secondary N) is 1. The van der Waals surface area contributed by atoms with E-state index >= 15 is 0 Å². The maximum atomic E-state index is 10.8. The summed E-state index contributed by atoms with van der Waals surface area (Å²) >= 11 is 14.9. The summed E-state index contributed by atoms with van der Waals surface area (Å²) in [6, 6.07) is 6.08. The highest BCUT2D eigenvalue weighted by molar-refractivity contribution is 9.10. The molecule has 0 aliphatic heterocycles. The number of benzene rings is 1. The van der Waals surface area contributed by atoms with Crippen LogP contribution in [-0.4, -0.2) is 21.3 Å². The van der Waals surface area contributed by atoms with Crippen molar-refractivity contribution >= 4 is 56.5 Å². The molecule has 0 spiro atoms. The number of aromatic carboxylic acids is 1. The number of carboxylic acids is 1. The van der Waals surface area contributed by atoms with E-state index in [0.717, 1.165) is 0 Å². The lowest BCUT2D eigenvalue weighted by molar-refractivity contribution is 0.0697. The molecule has 1 aromatic carbocycles. The minimum Gasteiger partial charge on any atom is -0.478 e. The first kappa shape index (κ1) is 14.0. The molecule has 0 saturated heterocycles. The predicted octanol–water partition coefficient (Wildman–Crippen LogP) is 3.99. The van der Waals surface area contributed by atoms with Gasteiger partial charge in [0.2, 0.25) is 0 Å². The molecule has 0 saturated carbocycles. The van der Waals surface area contributed by atoms with Gasteiger partial charge in [0.1, 0.15) is 0 Å². The Morgan fingerprint density at radius 3 is 2.58 bits per heavy atom. The van der Waals surface area contributed by atoms with Crippen molar-refractivity contribution in [1.82, 2.24) is 10.2 Å². The third-order valence-corrected chi connectivity index (χ3v) is 3.32. The number of anilines is 2. The SMILES string of the molecule is O=C(O)c1ccc(Nc2cc(Cl)nnc2Cl)c(Br)c1. The van der Waals surface area contributed by atoms with Gasteiger partial charge in [0.05, 0.1) is 16.9 Å². The van der Waals surface area contributed by atoms with Gasteiger partial charge in [-0.15, -0.1) is 10.2 Å². The van der Waals surface area contributed by atoms with Crippen LogP contribution in [0, 0.1) is 0 Å². The van der Waals surface area contributed by atoms with E-state index in [-0.39, 0.29) is 15.9 Å². The highest BCUT2D eigenvalue weighted by atomic mass is 79.9. The smallest absolute Gasteiger partial charge is 0.335 e. The Labute approximate surface area is 126 Å². The monoisotopic (exact) mass is 361 g/mol. The molecule has 0 amide bonds. The zero-order valence-electron chi connectivity index (χ0n) is 9.19. The van der Waals surface area contributed by atoms with Gasteiger partial charge in [-0.1, -0.05) is 23.2 Å². The summed E-state index contributed by atoms with van der Waals surface area (Å²) in [5.74, 6) is -1.00. The van der Waals surface area contributed by atoms with Crippen LogP contribution in [0.1, 0.15) is 10.4 Å². The molecule has 2 N–H and O–H groups in total. The van der Waals surface area contributed by atoms with Gasteiger partial charge in [-0.2, -0.15) is 0 Å². The molecule has 0 fully saturated rings. The number of carbonyl (C=O) groups is 1. The maximum absolute atomic E-state index is 10.8. The third-order valence-electron chi connectivity index (χ3n) is 2.20. The van der Waals surface area contributed by atoms with Crippen LogP contribution in [0.3, 0.4) is 0 Å². The molecular formula is C11H6BrCl2N3O2. The third kappa shape index (κ3) is 3.34. The summed E-state index contributed by atoms with van der Waals surface area (Å²) in [7, 11) is 0. The Bertz CT molecular complexity index is 652. The Morgan fingerprint density at radius 1 is 1.21 bits per heavy atom. The van der Waals surface area contributed by atoms with Crippen molar-refractivity contribution < 1.29 is 9.90 Å². The summed E-state index contributed by atoms with van der Waals surface area (Å²) in [6.45, 7) is 0. The van der Waals surface area contributed by atoms with E-state index in [0.29, 0.717) is 15.8 Å². The highest BCUT2D eigenvalue weighted by Gasteiger charge is 2.09. The lowest BCUT2D eigenvalue weighted by atomic mass is 10.2. The van der Waals surface area contributed by atoms with Crippen LogP contribution >= 0.6 is 39.1 Å². The summed E-state index contributed by atoms with van der Waals surface area (Å²) in [4.78, 5) is 10.8. The minimum absolute atomic E-state index is 0.165. The molecule has 0 unspecified atom stereocenters. The van der Waals surface area contributed by atoms with Crippen LogP contribution in [0.25, 0.3) is 0 Å². The molecular weight excluding hydrogens is 357 g/mol. The topological polar surface area (TPSA) is 75.1 Å². The molecule has 98 valence electrons. The van der Waals surface area contributed by atoms with Crippen LogP contribution in [0.15, 0.2) is 28.7 Å². The zero-order valence-corrected chi connectivity index (χ0v) is 12.3. The van der Waals surface area contributed by atoms with Crippen molar-refractivity contribution in [3.8, 4) is 0 Å². The number of halogens is 3. The fourth-order valence-electron chi connectivity index (χ4n) is 1.34. The predicted molar refractivity (Wildman–Crippen MR) is 76.4 cm³/mol. The second-order valence-electron chi connectivity index (χ2n) is 3.50. The minimum atomic E-state index is -1.00. The van der Waals surface area contributed by atoms with Gasteiger partial charge < -0.3 is 10.4 Å². The average Bonchev–Trinajstić information content (AvgIpc) is 2.36. The van der Waals surface area contributed by atoms with Crippen LogP contribution in [0.2, 0.25) is 10.3 Å². The van der Waals surface area contributed by atoms with E-state index in [2.05, 4.69) is 31.4 Å². The molecule has 19 heavy (non-hydrogen) atoms. The molecule has 8 heteroatoms. The molecule has 5 nitrogen and oxygen atoms in total. The summed E-state index contributed by atoms with van der Waals surface area (Å²) in [5.41, 5.74) is 1.29. The van der Waals surface area contributed by atoms with E-state index in [1.807, 2.05) is 0 Å². The van der Waals surface area contributed by atoms with E-state index < -0.39 is 5.97 Å². The Morgan fingerprint density at radius 2 is 1.95 bits per heavy atom. The van der Waals surface area contributed by atoms with E-state index in [1.165, 1.54) is 18.2 Å². The Kier molecular flexibility index (Phi) is 4.24. The first-order valence-electron chi connectivity index (χ1n) is 4.96. The number of aromatic nitrogens is 2. The molecule has 2 aromatic rings. The molecule has 0 radical (unpaired) electrons. The van der Waals surface area contributed by atoms with Gasteiger partial charge in [0, 0.05) is 10.5 Å². The van der Waals surface area contributed by atoms with Crippen LogP contribution in [0.4, 0.5) is 11.4 Å². The fraction of sp³-hybridized carbons (Fsp3) is 0. The van der Waals surface area contributed by atoms with Gasteiger partial charge in [0.25, 0.3) is 0 Å². The fourth-order valence-corrected chi connectivity index (χ4v) is 2.10. The molecule has 0 aliphatic rings. The number of hydrogen-bond donors (Lipinski definition) is 2. The van der Waals surface area contributed by atoms with Gasteiger partial charge in [-0.25, -0.2) is 4.79 Å². The quantitative estimate of drug-likeness (QED) is 0.863. The molecule has 1 heterocycles. The van der Waals surface area contributed by atoms with E-state index in [4.69, 9.17) is 28.3 Å². The largest absolute Gasteiger partial charge is 0.478 e.